The molecule has 7 aromatic rings. The maximum absolute atomic E-state index is 12.7. The Kier molecular flexibility index (Phi) is 6.60. The summed E-state index contributed by atoms with van der Waals surface area (Å²) in [5, 5.41) is 19.2. The lowest BCUT2D eigenvalue weighted by molar-refractivity contribution is 0.111. The number of aryl methyl sites for hydroxylation is 1. The average molecular weight is 549 g/mol. The molecule has 0 unspecified atom stereocenters. The number of H-pyrrole nitrogens is 1. The Morgan fingerprint density at radius 2 is 1.50 bits per heavy atom. The molecule has 0 atom stereocenters. The number of fused-ring (bicyclic) bond motifs is 3. The van der Waals surface area contributed by atoms with Crippen molar-refractivity contribution in [3.05, 3.63) is 120 Å². The highest BCUT2D eigenvalue weighted by Gasteiger charge is 2.21. The van der Waals surface area contributed by atoms with Crippen molar-refractivity contribution in [3.63, 3.8) is 0 Å². The Labute approximate surface area is 242 Å². The van der Waals surface area contributed by atoms with Crippen LogP contribution >= 0.6 is 0 Å². The fraction of sp³-hybridized carbons (Fsp3) is 0.114. The molecular weight excluding hydrogens is 520 g/mol. The molecule has 2 heterocycles. The fourth-order valence-corrected chi connectivity index (χ4v) is 5.85. The van der Waals surface area contributed by atoms with Gasteiger partial charge in [-0.15, -0.1) is 10.2 Å². The minimum Gasteiger partial charge on any atom is -0.321 e. The van der Waals surface area contributed by atoms with E-state index in [-0.39, 0.29) is 0 Å². The van der Waals surface area contributed by atoms with Crippen molar-refractivity contribution in [1.82, 2.24) is 30.2 Å². The van der Waals surface area contributed by atoms with Gasteiger partial charge in [0.2, 0.25) is 5.82 Å². The summed E-state index contributed by atoms with van der Waals surface area (Å²) in [6.07, 6.45) is 2.67. The third kappa shape index (κ3) is 4.45. The van der Waals surface area contributed by atoms with Gasteiger partial charge in [0.05, 0.1) is 0 Å². The molecule has 0 aliphatic carbocycles. The number of imidazole rings is 1. The molecule has 5 aromatic carbocycles. The lowest BCUT2D eigenvalue weighted by atomic mass is 9.95. The van der Waals surface area contributed by atoms with Crippen molar-refractivity contribution >= 4 is 27.8 Å². The smallest absolute Gasteiger partial charge is 0.205 e. The van der Waals surface area contributed by atoms with Crippen LogP contribution in [0.2, 0.25) is 0 Å². The number of nitrogens with one attached hydrogen (secondary N) is 1. The molecule has 0 aliphatic rings. The van der Waals surface area contributed by atoms with Crippen LogP contribution in [0.4, 0.5) is 0 Å². The maximum atomic E-state index is 12.7. The third-order valence-electron chi connectivity index (χ3n) is 7.81. The van der Waals surface area contributed by atoms with E-state index in [1.807, 2.05) is 30.3 Å². The van der Waals surface area contributed by atoms with Gasteiger partial charge in [0.1, 0.15) is 17.2 Å². The lowest BCUT2D eigenvalue weighted by Crippen LogP contribution is -2.08. The summed E-state index contributed by atoms with van der Waals surface area (Å²) >= 11 is 0. The molecular formula is C35H28N6O. The zero-order valence-electron chi connectivity index (χ0n) is 23.2. The van der Waals surface area contributed by atoms with Crippen molar-refractivity contribution in [2.75, 3.05) is 0 Å². The first-order chi connectivity index (χ1) is 20.7. The van der Waals surface area contributed by atoms with Crippen molar-refractivity contribution < 1.29 is 4.79 Å². The van der Waals surface area contributed by atoms with Gasteiger partial charge in [-0.25, -0.2) is 4.98 Å². The molecule has 0 radical (unpaired) electrons. The number of aromatic amines is 1. The normalized spacial score (nSPS) is 11.4. The fourth-order valence-electron chi connectivity index (χ4n) is 5.85. The lowest BCUT2D eigenvalue weighted by Gasteiger charge is -2.12. The number of aldehydes is 1. The number of hydrogen-bond donors (Lipinski definition) is 1. The topological polar surface area (TPSA) is 89.4 Å². The number of tetrazole rings is 1. The van der Waals surface area contributed by atoms with E-state index in [1.165, 1.54) is 5.39 Å². The molecule has 0 spiro atoms. The Balaban J connectivity index is 1.30. The predicted octanol–water partition coefficient (Wildman–Crippen LogP) is 7.52. The minimum absolute atomic E-state index is 0.550. The number of rotatable bonds is 8. The molecule has 0 bridgehead atoms. The van der Waals surface area contributed by atoms with E-state index in [0.29, 0.717) is 18.1 Å². The summed E-state index contributed by atoms with van der Waals surface area (Å²) in [4.78, 5) is 17.8. The third-order valence-corrected chi connectivity index (χ3v) is 7.81. The highest BCUT2D eigenvalue weighted by molar-refractivity contribution is 6.14. The second kappa shape index (κ2) is 10.9. The number of nitrogens with zero attached hydrogens (tertiary/aromatic N) is 5. The van der Waals surface area contributed by atoms with Crippen LogP contribution in [0.15, 0.2) is 103 Å². The standard InChI is InChI=1S/C35H28N6O/c1-2-9-33-36-34(31-20-25-10-3-4-12-27(25)28-13-6-7-14-29(28)31)32(22-42)41(33)21-23-16-18-24(19-17-23)26-11-5-8-15-30(26)35-37-39-40-38-35/h3-8,10-20,22H,2,9,21H2,1H3,(H,37,38,39,40). The molecule has 7 heteroatoms. The van der Waals surface area contributed by atoms with Crippen molar-refractivity contribution in [3.8, 4) is 33.8 Å². The largest absolute Gasteiger partial charge is 0.321 e. The monoisotopic (exact) mass is 548 g/mol. The van der Waals surface area contributed by atoms with Crippen LogP contribution < -0.4 is 0 Å². The molecule has 0 saturated heterocycles. The number of hydrogen-bond acceptors (Lipinski definition) is 5. The molecule has 0 saturated carbocycles. The number of benzene rings is 5. The highest BCUT2D eigenvalue weighted by Crippen LogP contribution is 2.36. The molecule has 42 heavy (non-hydrogen) atoms. The van der Waals surface area contributed by atoms with E-state index in [4.69, 9.17) is 4.98 Å². The van der Waals surface area contributed by atoms with E-state index in [9.17, 15) is 4.79 Å². The van der Waals surface area contributed by atoms with Crippen LogP contribution in [0.3, 0.4) is 0 Å². The quantitative estimate of drug-likeness (QED) is 0.157. The van der Waals surface area contributed by atoms with Gasteiger partial charge >= 0.3 is 0 Å². The minimum atomic E-state index is 0.550. The molecule has 0 amide bonds. The number of carbonyl (C=O) groups excluding carboxylic acids is 1. The van der Waals surface area contributed by atoms with Crippen LogP contribution in [0.5, 0.6) is 0 Å². The summed E-state index contributed by atoms with van der Waals surface area (Å²) in [5.74, 6) is 1.47. The van der Waals surface area contributed by atoms with E-state index < -0.39 is 0 Å². The second-order valence-electron chi connectivity index (χ2n) is 10.4. The van der Waals surface area contributed by atoms with Crippen LogP contribution in [-0.4, -0.2) is 36.5 Å². The SMILES string of the molecule is CCCc1nc(-c2cc3ccccc3c3ccccc23)c(C=O)n1Cc1ccc(-c2ccccc2-c2nn[nH]n2)cc1. The maximum Gasteiger partial charge on any atom is 0.205 e. The Hall–Kier alpha value is -5.43. The Morgan fingerprint density at radius 1 is 0.786 bits per heavy atom. The molecule has 0 aliphatic heterocycles. The van der Waals surface area contributed by atoms with Gasteiger partial charge in [0, 0.05) is 24.1 Å². The molecule has 204 valence electrons. The summed E-state index contributed by atoms with van der Waals surface area (Å²) in [7, 11) is 0. The zero-order valence-corrected chi connectivity index (χ0v) is 23.2. The summed E-state index contributed by atoms with van der Waals surface area (Å²) in [5.41, 5.74) is 6.40. The first kappa shape index (κ1) is 25.5. The van der Waals surface area contributed by atoms with Gasteiger partial charge in [-0.3, -0.25) is 4.79 Å². The predicted molar refractivity (Wildman–Crippen MR) is 166 cm³/mol. The van der Waals surface area contributed by atoms with Crippen LogP contribution in [-0.2, 0) is 13.0 Å². The van der Waals surface area contributed by atoms with Crippen LogP contribution in [0.25, 0.3) is 55.3 Å². The van der Waals surface area contributed by atoms with Gasteiger partial charge in [-0.2, -0.15) is 5.21 Å². The molecule has 1 N–H and O–H groups in total. The summed E-state index contributed by atoms with van der Waals surface area (Å²) < 4.78 is 2.08. The molecule has 7 rings (SSSR count). The van der Waals surface area contributed by atoms with Gasteiger partial charge < -0.3 is 4.57 Å². The van der Waals surface area contributed by atoms with Gasteiger partial charge in [-0.05, 0) is 55.9 Å². The van der Waals surface area contributed by atoms with E-state index in [2.05, 4.69) is 105 Å². The van der Waals surface area contributed by atoms with Gasteiger partial charge in [0.15, 0.2) is 6.29 Å². The Morgan fingerprint density at radius 3 is 2.24 bits per heavy atom. The Bertz CT molecular complexity index is 2040. The van der Waals surface area contributed by atoms with Crippen molar-refractivity contribution in [2.45, 2.75) is 26.3 Å². The van der Waals surface area contributed by atoms with E-state index in [0.717, 1.165) is 74.6 Å². The number of aromatic nitrogens is 6. The van der Waals surface area contributed by atoms with Crippen molar-refractivity contribution in [1.29, 1.82) is 0 Å². The first-order valence-electron chi connectivity index (χ1n) is 14.1. The van der Waals surface area contributed by atoms with Gasteiger partial charge in [0.25, 0.3) is 0 Å². The van der Waals surface area contributed by atoms with Crippen molar-refractivity contribution in [2.24, 2.45) is 0 Å². The van der Waals surface area contributed by atoms with Crippen LogP contribution in [0.1, 0.15) is 35.2 Å². The van der Waals surface area contributed by atoms with E-state index >= 15 is 0 Å². The molecule has 2 aromatic heterocycles. The molecule has 7 nitrogen and oxygen atoms in total. The second-order valence-corrected chi connectivity index (χ2v) is 10.4. The first-order valence-corrected chi connectivity index (χ1v) is 14.1. The highest BCUT2D eigenvalue weighted by atomic mass is 16.1. The molecule has 0 fully saturated rings. The van der Waals surface area contributed by atoms with Gasteiger partial charge in [-0.1, -0.05) is 104 Å². The summed E-state index contributed by atoms with van der Waals surface area (Å²) in [6.45, 7) is 2.69. The van der Waals surface area contributed by atoms with E-state index in [1.54, 1.807) is 0 Å². The average Bonchev–Trinajstić information content (AvgIpc) is 3.70. The zero-order chi connectivity index (χ0) is 28.5. The summed E-state index contributed by atoms with van der Waals surface area (Å²) in [6, 6.07) is 35.4. The number of carbonyl (C=O) groups is 1. The van der Waals surface area contributed by atoms with Crippen LogP contribution in [0, 0.1) is 0 Å².